The summed E-state index contributed by atoms with van der Waals surface area (Å²) in [4.78, 5) is 45.7. The third kappa shape index (κ3) is 7.41. The van der Waals surface area contributed by atoms with E-state index in [9.17, 15) is 28.5 Å². The van der Waals surface area contributed by atoms with Crippen molar-refractivity contribution in [3.63, 3.8) is 0 Å². The van der Waals surface area contributed by atoms with Gasteiger partial charge in [0.1, 0.15) is 22.7 Å². The van der Waals surface area contributed by atoms with Gasteiger partial charge in [0, 0.05) is 35.0 Å². The van der Waals surface area contributed by atoms with Gasteiger partial charge in [-0.25, -0.2) is 18.5 Å². The zero-order chi connectivity index (χ0) is 24.0. The van der Waals surface area contributed by atoms with E-state index in [1.807, 2.05) is 0 Å². The van der Waals surface area contributed by atoms with Crippen LogP contribution in [0.5, 0.6) is 11.5 Å². The fraction of sp³-hybridized carbons (Fsp3) is 0.100. The van der Waals surface area contributed by atoms with E-state index in [1.54, 1.807) is 13.8 Å². The van der Waals surface area contributed by atoms with Gasteiger partial charge in [0.05, 0.1) is 7.82 Å². The van der Waals surface area contributed by atoms with Gasteiger partial charge in [-0.3, -0.25) is 0 Å². The van der Waals surface area contributed by atoms with E-state index >= 15 is 0 Å². The Kier molecular flexibility index (Phi) is 9.83. The molecule has 15 heteroatoms. The minimum Gasteiger partial charge on any atom is -0.789 e. The first-order chi connectivity index (χ1) is 15.4. The van der Waals surface area contributed by atoms with Crippen LogP contribution in [-0.4, -0.2) is 0 Å². The summed E-state index contributed by atoms with van der Waals surface area (Å²) in [6, 6.07) is 10.4. The summed E-state index contributed by atoms with van der Waals surface area (Å²) in [6.45, 7) is 3.34. The van der Waals surface area contributed by atoms with E-state index in [2.05, 4.69) is 4.31 Å². The van der Waals surface area contributed by atoms with Crippen LogP contribution >= 0.6 is 15.6 Å². The van der Waals surface area contributed by atoms with Gasteiger partial charge in [-0.05, 0) is 49.2 Å². The molecule has 4 rings (SSSR count). The number of phosphoric acid groups is 2. The van der Waals surface area contributed by atoms with Crippen LogP contribution < -0.4 is 89.2 Å². The van der Waals surface area contributed by atoms with E-state index in [0.29, 0.717) is 21.9 Å². The second kappa shape index (κ2) is 11.5. The van der Waals surface area contributed by atoms with Crippen LogP contribution in [0.25, 0.3) is 21.9 Å². The molecule has 4 aromatic rings. The molecule has 0 aliphatic carbocycles. The summed E-state index contributed by atoms with van der Waals surface area (Å²) in [5.74, 6) is -0.535. The summed E-state index contributed by atoms with van der Waals surface area (Å²) in [5.41, 5.74) is 0.00719. The van der Waals surface area contributed by atoms with Crippen LogP contribution in [0.2, 0.25) is 0 Å². The van der Waals surface area contributed by atoms with Crippen LogP contribution in [0.3, 0.4) is 0 Å². The van der Waals surface area contributed by atoms with Crippen LogP contribution in [0, 0.1) is 13.8 Å². The Morgan fingerprint density at radius 1 is 0.714 bits per heavy atom. The van der Waals surface area contributed by atoms with E-state index in [1.165, 1.54) is 36.4 Å². The molecule has 0 amide bonds. The zero-order valence-corrected chi connectivity index (χ0v) is 24.8. The minimum absolute atomic E-state index is 0. The third-order valence-corrected chi connectivity index (χ3v) is 6.95. The van der Waals surface area contributed by atoms with Crippen molar-refractivity contribution in [1.82, 2.24) is 0 Å². The summed E-state index contributed by atoms with van der Waals surface area (Å²) in [6.07, 6.45) is 0. The Hall–Kier alpha value is -1.20. The van der Waals surface area contributed by atoms with E-state index in [-0.39, 0.29) is 81.8 Å². The normalized spacial score (nSPS) is 11.5. The van der Waals surface area contributed by atoms with E-state index in [0.717, 1.165) is 12.1 Å². The second-order valence-electron chi connectivity index (χ2n) is 6.97. The molecule has 11 nitrogen and oxygen atoms in total. The molecule has 0 unspecified atom stereocenters. The van der Waals surface area contributed by atoms with Gasteiger partial charge in [-0.1, -0.05) is 0 Å². The van der Waals surface area contributed by atoms with Gasteiger partial charge in [0.2, 0.25) is 0 Å². The molecule has 2 aromatic carbocycles. The second-order valence-corrected chi connectivity index (χ2v) is 9.78. The van der Waals surface area contributed by atoms with Gasteiger partial charge in [-0.2, -0.15) is 0 Å². The first-order valence-electron chi connectivity index (χ1n) is 9.22. The molecule has 0 saturated carbocycles. The molecule has 2 aromatic heterocycles. The monoisotopic (exact) mass is 538 g/mol. The molecule has 0 aliphatic rings. The molecule has 0 N–H and O–H groups in total. The maximum absolute atomic E-state index is 13.1. The van der Waals surface area contributed by atoms with Gasteiger partial charge in [0.15, 0.2) is 0 Å². The van der Waals surface area contributed by atoms with Crippen molar-refractivity contribution in [3.8, 4) is 11.5 Å². The third-order valence-electron chi connectivity index (χ3n) is 4.48. The summed E-state index contributed by atoms with van der Waals surface area (Å²) in [7, 11) is -11.0. The molecule has 0 spiro atoms. The number of hydrogen-bond donors (Lipinski definition) is 0. The average Bonchev–Trinajstić information content (AvgIpc) is 2.65. The number of fused-ring (bicyclic) bond motifs is 2. The van der Waals surface area contributed by atoms with Crippen molar-refractivity contribution in [3.05, 3.63) is 80.5 Å². The first kappa shape index (κ1) is 30.0. The number of rotatable bonds is 6. The van der Waals surface area contributed by atoms with Crippen LogP contribution in [-0.2, 0) is 13.4 Å². The van der Waals surface area contributed by atoms with Gasteiger partial charge in [-0.15, -0.1) is 0 Å². The van der Waals surface area contributed by atoms with E-state index < -0.39 is 26.9 Å². The van der Waals surface area contributed by atoms with Crippen LogP contribution in [0.1, 0.15) is 11.1 Å². The summed E-state index contributed by atoms with van der Waals surface area (Å²) in [5, 5.41) is 1.08. The van der Waals surface area contributed by atoms with Gasteiger partial charge < -0.3 is 32.2 Å². The summed E-state index contributed by atoms with van der Waals surface area (Å²) >= 11 is 0. The van der Waals surface area contributed by atoms with E-state index in [4.69, 9.17) is 17.9 Å². The molecule has 0 atom stereocenters. The topological polar surface area (TPSA) is 168 Å². The maximum atomic E-state index is 13.1. The SMILES string of the molecule is Cc1cc(=O)oc2cc(OP(=O)(Oc3ccc4c(C)cc(=O)oc4c3)OP(=O)([O-])[O-])ccc12.[Na+].[Na+]. The van der Waals surface area contributed by atoms with Crippen molar-refractivity contribution in [2.45, 2.75) is 13.8 Å². The quantitative estimate of drug-likeness (QED) is 0.139. The Bertz CT molecular complexity index is 1500. The van der Waals surface area contributed by atoms with Gasteiger partial charge in [0.25, 0.3) is 0 Å². The Morgan fingerprint density at radius 2 is 1.11 bits per heavy atom. The number of aryl methyl sites for hydroxylation is 2. The fourth-order valence-corrected chi connectivity index (χ4v) is 5.18. The predicted octanol–water partition coefficient (Wildman–Crippen LogP) is -3.06. The maximum Gasteiger partial charge on any atom is 1.00 e. The largest absolute Gasteiger partial charge is 1.00 e. The van der Waals surface area contributed by atoms with Crippen molar-refractivity contribution < 1.29 is 100 Å². The molecular formula is C20H14Na2O11P2. The molecule has 35 heavy (non-hydrogen) atoms. The predicted molar refractivity (Wildman–Crippen MR) is 112 cm³/mol. The molecule has 172 valence electrons. The smallest absolute Gasteiger partial charge is 0.789 e. The van der Waals surface area contributed by atoms with Crippen molar-refractivity contribution in [2.24, 2.45) is 0 Å². The van der Waals surface area contributed by atoms with Crippen molar-refractivity contribution in [2.75, 3.05) is 0 Å². The standard InChI is InChI=1S/C20H16O11P2.2Na/c1-11-7-19(21)27-17-9-13(3-5-15(11)17)29-33(26,31-32(23,24)25)30-14-4-6-16-12(2)8-20(22)28-18(16)10-14;;/h3-10H,1-2H3,(H2,23,24,25);;/q;2*+1/p-2. The number of benzene rings is 2. The molecule has 2 heterocycles. The van der Waals surface area contributed by atoms with Gasteiger partial charge >= 0.3 is 78.2 Å². The van der Waals surface area contributed by atoms with Crippen LogP contribution in [0.15, 0.2) is 67.0 Å². The molecule has 0 fully saturated rings. The molecule has 0 bridgehead atoms. The summed E-state index contributed by atoms with van der Waals surface area (Å²) < 4.78 is 48.8. The Labute approximate surface area is 241 Å². The average molecular weight is 538 g/mol. The Balaban J connectivity index is 0.00000216. The molecular weight excluding hydrogens is 524 g/mol. The van der Waals surface area contributed by atoms with Crippen LogP contribution in [0.4, 0.5) is 0 Å². The minimum atomic E-state index is -5.85. The zero-order valence-electron chi connectivity index (χ0n) is 19.0. The van der Waals surface area contributed by atoms with Crippen molar-refractivity contribution >= 4 is 37.6 Å². The van der Waals surface area contributed by atoms with Crippen molar-refractivity contribution in [1.29, 1.82) is 0 Å². The molecule has 0 saturated heterocycles. The number of phosphoric ester groups is 1. The number of hydrogen-bond acceptors (Lipinski definition) is 11. The fourth-order valence-electron chi connectivity index (χ4n) is 3.16. The molecule has 0 radical (unpaired) electrons. The molecule has 0 aliphatic heterocycles. The first-order valence-corrected chi connectivity index (χ1v) is 12.1. The Morgan fingerprint density at radius 3 is 1.49 bits per heavy atom.